The Balaban J connectivity index is 2.21. The van der Waals surface area contributed by atoms with Gasteiger partial charge in [-0.2, -0.15) is 0 Å². The number of halogens is 1. The van der Waals surface area contributed by atoms with E-state index in [1.165, 1.54) is 0 Å². The summed E-state index contributed by atoms with van der Waals surface area (Å²) >= 11 is 5.60. The van der Waals surface area contributed by atoms with Crippen molar-refractivity contribution < 1.29 is 4.21 Å². The van der Waals surface area contributed by atoms with Crippen molar-refractivity contribution in [3.63, 3.8) is 0 Å². The Morgan fingerprint density at radius 2 is 2.17 bits per heavy atom. The average Bonchev–Trinajstić information content (AvgIpc) is 2.27. The lowest BCUT2D eigenvalue weighted by Gasteiger charge is -2.17. The molecular formula is C8H16ClNOS. The molecule has 72 valence electrons. The lowest BCUT2D eigenvalue weighted by Crippen LogP contribution is -2.27. The molecule has 12 heavy (non-hydrogen) atoms. The van der Waals surface area contributed by atoms with Crippen LogP contribution in [0.5, 0.6) is 0 Å². The van der Waals surface area contributed by atoms with Gasteiger partial charge in [-0.3, -0.25) is 4.21 Å². The van der Waals surface area contributed by atoms with Crippen LogP contribution < -0.4 is 0 Å². The topological polar surface area (TPSA) is 20.3 Å². The van der Waals surface area contributed by atoms with Gasteiger partial charge in [0.05, 0.1) is 0 Å². The highest BCUT2D eigenvalue weighted by Gasteiger charge is 2.11. The molecule has 0 bridgehead atoms. The third kappa shape index (κ3) is 3.87. The summed E-state index contributed by atoms with van der Waals surface area (Å²) in [5.41, 5.74) is 0. The molecule has 0 radical (unpaired) electrons. The maximum atomic E-state index is 11.2. The van der Waals surface area contributed by atoms with Crippen LogP contribution in [0, 0.1) is 0 Å². The first-order valence-electron chi connectivity index (χ1n) is 4.46. The zero-order valence-corrected chi connectivity index (χ0v) is 8.87. The zero-order valence-electron chi connectivity index (χ0n) is 7.30. The highest BCUT2D eigenvalue weighted by molar-refractivity contribution is 7.85. The summed E-state index contributed by atoms with van der Waals surface area (Å²) in [6, 6.07) is 0. The molecule has 4 heteroatoms. The van der Waals surface area contributed by atoms with E-state index < -0.39 is 10.8 Å². The van der Waals surface area contributed by atoms with Crippen molar-refractivity contribution in [2.24, 2.45) is 0 Å². The van der Waals surface area contributed by atoms with Crippen LogP contribution in [0.25, 0.3) is 0 Å². The van der Waals surface area contributed by atoms with Crippen LogP contribution in [0.3, 0.4) is 0 Å². The van der Waals surface area contributed by atoms with Crippen molar-refractivity contribution >= 4 is 22.4 Å². The summed E-state index contributed by atoms with van der Waals surface area (Å²) in [5.74, 6) is 2.47. The molecule has 0 amide bonds. The van der Waals surface area contributed by atoms with Gasteiger partial charge in [-0.05, 0) is 25.9 Å². The van der Waals surface area contributed by atoms with Gasteiger partial charge in [0.2, 0.25) is 0 Å². The largest absolute Gasteiger partial charge is 0.302 e. The Hall–Kier alpha value is 0.400. The van der Waals surface area contributed by atoms with Crippen molar-refractivity contribution in [3.05, 3.63) is 0 Å². The first kappa shape index (κ1) is 10.5. The van der Waals surface area contributed by atoms with Gasteiger partial charge in [0, 0.05) is 34.7 Å². The van der Waals surface area contributed by atoms with Crippen molar-refractivity contribution in [2.75, 3.05) is 37.0 Å². The molecule has 0 aromatic carbocycles. The second-order valence-corrected chi connectivity index (χ2v) is 5.16. The maximum absolute atomic E-state index is 11.2. The number of hydrogen-bond acceptors (Lipinski definition) is 2. The summed E-state index contributed by atoms with van der Waals surface area (Å²) in [4.78, 5) is 2.37. The van der Waals surface area contributed by atoms with E-state index in [0.717, 1.165) is 49.9 Å². The van der Waals surface area contributed by atoms with Gasteiger partial charge in [0.15, 0.2) is 0 Å². The minimum Gasteiger partial charge on any atom is -0.302 e. The second-order valence-electron chi connectivity index (χ2n) is 3.09. The zero-order chi connectivity index (χ0) is 8.81. The van der Waals surface area contributed by atoms with E-state index in [1.807, 2.05) is 0 Å². The fourth-order valence-corrected chi connectivity index (χ4v) is 2.64. The molecule has 2 nitrogen and oxygen atoms in total. The molecule has 0 N–H and O–H groups in total. The molecule has 1 rings (SSSR count). The lowest BCUT2D eigenvalue weighted by molar-refractivity contribution is 0.297. The first-order valence-corrected chi connectivity index (χ1v) is 6.48. The van der Waals surface area contributed by atoms with Gasteiger partial charge in [0.25, 0.3) is 0 Å². The summed E-state index contributed by atoms with van der Waals surface area (Å²) in [5, 5.41) is 0. The molecule has 1 aliphatic rings. The first-order chi connectivity index (χ1) is 5.83. The van der Waals surface area contributed by atoms with Crippen LogP contribution >= 0.6 is 11.6 Å². The molecule has 1 saturated heterocycles. The predicted molar refractivity (Wildman–Crippen MR) is 54.3 cm³/mol. The van der Waals surface area contributed by atoms with E-state index in [0.29, 0.717) is 0 Å². The number of nitrogens with zero attached hydrogens (tertiary/aromatic N) is 1. The van der Waals surface area contributed by atoms with Gasteiger partial charge in [-0.15, -0.1) is 11.6 Å². The minimum atomic E-state index is -0.558. The molecule has 1 aliphatic heterocycles. The van der Waals surface area contributed by atoms with Crippen LogP contribution in [0.4, 0.5) is 0 Å². The van der Waals surface area contributed by atoms with Gasteiger partial charge in [-0.25, -0.2) is 0 Å². The fraction of sp³-hybridized carbons (Fsp3) is 1.00. The van der Waals surface area contributed by atoms with Gasteiger partial charge < -0.3 is 4.90 Å². The molecule has 0 aromatic heterocycles. The lowest BCUT2D eigenvalue weighted by atomic mass is 10.3. The molecule has 0 spiro atoms. The van der Waals surface area contributed by atoms with Crippen molar-refractivity contribution in [1.29, 1.82) is 0 Å². The minimum absolute atomic E-state index is 0.558. The molecule has 0 aromatic rings. The monoisotopic (exact) mass is 209 g/mol. The molecule has 0 aliphatic carbocycles. The second kappa shape index (κ2) is 5.95. The molecule has 1 heterocycles. The normalized spacial score (nSPS) is 26.9. The van der Waals surface area contributed by atoms with Crippen molar-refractivity contribution in [1.82, 2.24) is 4.90 Å². The standard InChI is InChI=1S/C8H16ClNOS/c9-3-1-4-10-5-2-7-12(11)8-6-10/h1-8H2. The van der Waals surface area contributed by atoms with E-state index in [1.54, 1.807) is 0 Å². The molecule has 0 saturated carbocycles. The fourth-order valence-electron chi connectivity index (χ4n) is 1.40. The van der Waals surface area contributed by atoms with Crippen molar-refractivity contribution in [3.8, 4) is 0 Å². The highest BCUT2D eigenvalue weighted by Crippen LogP contribution is 2.02. The van der Waals surface area contributed by atoms with E-state index in [2.05, 4.69) is 4.90 Å². The highest BCUT2D eigenvalue weighted by atomic mass is 35.5. The van der Waals surface area contributed by atoms with Crippen LogP contribution in [0.15, 0.2) is 0 Å². The molecule has 1 fully saturated rings. The average molecular weight is 210 g/mol. The molecule has 1 atom stereocenters. The Morgan fingerprint density at radius 1 is 1.33 bits per heavy atom. The number of alkyl halides is 1. The van der Waals surface area contributed by atoms with Crippen LogP contribution in [0.1, 0.15) is 12.8 Å². The smallest absolute Gasteiger partial charge is 0.0362 e. The van der Waals surface area contributed by atoms with Gasteiger partial charge in [0.1, 0.15) is 0 Å². The summed E-state index contributed by atoms with van der Waals surface area (Å²) in [7, 11) is -0.558. The van der Waals surface area contributed by atoms with Gasteiger partial charge >= 0.3 is 0 Å². The van der Waals surface area contributed by atoms with E-state index in [-0.39, 0.29) is 0 Å². The number of hydrogen-bond donors (Lipinski definition) is 0. The maximum Gasteiger partial charge on any atom is 0.0362 e. The number of rotatable bonds is 3. The van der Waals surface area contributed by atoms with Crippen LogP contribution in [0.2, 0.25) is 0 Å². The van der Waals surface area contributed by atoms with E-state index >= 15 is 0 Å². The van der Waals surface area contributed by atoms with Crippen molar-refractivity contribution in [2.45, 2.75) is 12.8 Å². The quantitative estimate of drug-likeness (QED) is 0.649. The van der Waals surface area contributed by atoms with Gasteiger partial charge in [-0.1, -0.05) is 0 Å². The molecule has 1 unspecified atom stereocenters. The summed E-state index contributed by atoms with van der Waals surface area (Å²) in [6.45, 7) is 3.16. The van der Waals surface area contributed by atoms with E-state index in [9.17, 15) is 4.21 Å². The summed E-state index contributed by atoms with van der Waals surface area (Å²) in [6.07, 6.45) is 2.13. The Labute approximate surface area is 81.7 Å². The SMILES string of the molecule is O=S1CCCN(CCCCl)CC1. The van der Waals surface area contributed by atoms with Crippen LogP contribution in [-0.2, 0) is 10.8 Å². The third-order valence-corrected chi connectivity index (χ3v) is 3.74. The Bertz CT molecular complexity index is 154. The molecular weight excluding hydrogens is 194 g/mol. The predicted octanol–water partition coefficient (Wildman–Crippen LogP) is 1.07. The Morgan fingerprint density at radius 3 is 2.92 bits per heavy atom. The summed E-state index contributed by atoms with van der Waals surface area (Å²) < 4.78 is 11.2. The Kier molecular flexibility index (Phi) is 5.19. The van der Waals surface area contributed by atoms with E-state index in [4.69, 9.17) is 11.6 Å². The third-order valence-electron chi connectivity index (χ3n) is 2.09. The van der Waals surface area contributed by atoms with Crippen LogP contribution in [-0.4, -0.2) is 46.1 Å².